The molecule has 0 spiro atoms. The molecule has 0 unspecified atom stereocenters. The minimum Gasteiger partial charge on any atom is -0.358 e. The Labute approximate surface area is 228 Å². The zero-order valence-electron chi connectivity index (χ0n) is 22.5. The van der Waals surface area contributed by atoms with Crippen LogP contribution in [0, 0.1) is 19.7 Å². The van der Waals surface area contributed by atoms with Crippen molar-refractivity contribution in [3.05, 3.63) is 81.9 Å². The maximum Gasteiger partial charge on any atom is 0.256 e. The number of nitrogens with zero attached hydrogens (tertiary/aromatic N) is 1. The van der Waals surface area contributed by atoms with E-state index in [0.717, 1.165) is 19.6 Å². The summed E-state index contributed by atoms with van der Waals surface area (Å²) in [7, 11) is -3.80. The van der Waals surface area contributed by atoms with E-state index in [1.54, 1.807) is 25.1 Å². The number of sulfone groups is 1. The van der Waals surface area contributed by atoms with Crippen molar-refractivity contribution in [2.24, 2.45) is 0 Å². The normalized spacial score (nSPS) is 14.1. The topological polar surface area (TPSA) is 111 Å². The Kier molecular flexibility index (Phi) is 8.36. The zero-order valence-corrected chi connectivity index (χ0v) is 23.3. The Hall–Kier alpha value is -3.76. The van der Waals surface area contributed by atoms with Gasteiger partial charge in [0.05, 0.1) is 21.8 Å². The van der Waals surface area contributed by atoms with Crippen molar-refractivity contribution in [1.82, 2.24) is 15.2 Å². The predicted octanol–water partition coefficient (Wildman–Crippen LogP) is 4.31. The molecule has 2 aromatic carbocycles. The van der Waals surface area contributed by atoms with Gasteiger partial charge in [0.1, 0.15) is 5.82 Å². The Bertz CT molecular complexity index is 1560. The van der Waals surface area contributed by atoms with Crippen LogP contribution in [0.25, 0.3) is 11.6 Å². The summed E-state index contributed by atoms with van der Waals surface area (Å²) in [4.78, 5) is 31.2. The summed E-state index contributed by atoms with van der Waals surface area (Å²) in [5.41, 5.74) is 4.02. The standard InChI is InChI=1S/C29H33FN4O4S/c1-5-34(6-2)13-12-31-29(36)27-18(3)26(32-19(27)4)16-24-23-15-22(10-11-25(23)33-28(24)35)39(37,38)17-20-8-7-9-21(30)14-20/h7-11,14-16,32H,5-6,12-13,17H2,1-4H3,(H,31,36)(H,33,35)/b24-16-. The number of hydrogen-bond acceptors (Lipinski definition) is 5. The molecule has 0 saturated carbocycles. The first-order valence-electron chi connectivity index (χ1n) is 12.9. The second-order valence-electron chi connectivity index (χ2n) is 9.55. The number of nitrogens with one attached hydrogen (secondary N) is 3. The molecule has 0 fully saturated rings. The minimum atomic E-state index is -3.80. The van der Waals surface area contributed by atoms with E-state index >= 15 is 0 Å². The monoisotopic (exact) mass is 552 g/mol. The number of amides is 2. The predicted molar refractivity (Wildman–Crippen MR) is 151 cm³/mol. The van der Waals surface area contributed by atoms with Gasteiger partial charge in [0.2, 0.25) is 0 Å². The lowest BCUT2D eigenvalue weighted by molar-refractivity contribution is -0.110. The fraction of sp³-hybridized carbons (Fsp3) is 0.310. The fourth-order valence-corrected chi connectivity index (χ4v) is 6.15. The van der Waals surface area contributed by atoms with Crippen LogP contribution in [-0.4, -0.2) is 56.3 Å². The molecule has 0 atom stereocenters. The number of hydrogen-bond donors (Lipinski definition) is 3. The third-order valence-corrected chi connectivity index (χ3v) is 8.66. The lowest BCUT2D eigenvalue weighted by Gasteiger charge is -2.18. The Morgan fingerprint density at radius 1 is 1.10 bits per heavy atom. The first-order valence-corrected chi connectivity index (χ1v) is 14.5. The molecule has 1 aliphatic rings. The molecule has 0 saturated heterocycles. The van der Waals surface area contributed by atoms with Crippen LogP contribution in [0.15, 0.2) is 47.4 Å². The second-order valence-corrected chi connectivity index (χ2v) is 11.5. The maximum atomic E-state index is 13.6. The summed E-state index contributed by atoms with van der Waals surface area (Å²) in [6.45, 7) is 10.8. The number of aryl methyl sites for hydroxylation is 1. The number of likely N-dealkylation sites (N-methyl/N-ethyl adjacent to an activating group) is 1. The molecule has 4 rings (SSSR count). The van der Waals surface area contributed by atoms with Crippen LogP contribution in [0.1, 0.15) is 52.3 Å². The summed E-state index contributed by atoms with van der Waals surface area (Å²) in [6.07, 6.45) is 1.64. The van der Waals surface area contributed by atoms with E-state index in [1.165, 1.54) is 30.3 Å². The quantitative estimate of drug-likeness (QED) is 0.325. The van der Waals surface area contributed by atoms with Gasteiger partial charge in [0.15, 0.2) is 9.84 Å². The number of benzene rings is 2. The molecule has 3 N–H and O–H groups in total. The first kappa shape index (κ1) is 28.3. The molecule has 10 heteroatoms. The number of aromatic nitrogens is 1. The van der Waals surface area contributed by atoms with Crippen molar-refractivity contribution in [2.45, 2.75) is 38.3 Å². The number of fused-ring (bicyclic) bond motifs is 1. The van der Waals surface area contributed by atoms with Gasteiger partial charge in [-0.2, -0.15) is 0 Å². The van der Waals surface area contributed by atoms with E-state index in [4.69, 9.17) is 0 Å². The SMILES string of the molecule is CCN(CC)CCNC(=O)c1c(C)[nH]c(/C=C2\C(=O)Nc3ccc(S(=O)(=O)Cc4cccc(F)c4)cc32)c1C. The third-order valence-electron chi connectivity index (χ3n) is 6.98. The highest BCUT2D eigenvalue weighted by molar-refractivity contribution is 7.90. The van der Waals surface area contributed by atoms with Crippen molar-refractivity contribution < 1.29 is 22.4 Å². The molecule has 1 aromatic heterocycles. The highest BCUT2D eigenvalue weighted by Gasteiger charge is 2.28. The average molecular weight is 553 g/mol. The van der Waals surface area contributed by atoms with E-state index in [-0.39, 0.29) is 28.0 Å². The Balaban J connectivity index is 1.61. The molecule has 39 heavy (non-hydrogen) atoms. The van der Waals surface area contributed by atoms with Gasteiger partial charge in [-0.25, -0.2) is 12.8 Å². The third kappa shape index (κ3) is 6.12. The highest BCUT2D eigenvalue weighted by Crippen LogP contribution is 2.36. The molecule has 206 valence electrons. The van der Waals surface area contributed by atoms with E-state index in [2.05, 4.69) is 34.4 Å². The number of aromatic amines is 1. The number of rotatable bonds is 10. The molecular formula is C29H33FN4O4S. The average Bonchev–Trinajstić information content (AvgIpc) is 3.35. The second kappa shape index (κ2) is 11.5. The summed E-state index contributed by atoms with van der Waals surface area (Å²) < 4.78 is 39.8. The van der Waals surface area contributed by atoms with Crippen LogP contribution in [0.3, 0.4) is 0 Å². The largest absolute Gasteiger partial charge is 0.358 e. The summed E-state index contributed by atoms with van der Waals surface area (Å²) in [6, 6.07) is 9.90. The molecule has 0 aliphatic carbocycles. The van der Waals surface area contributed by atoms with Crippen molar-refractivity contribution in [1.29, 1.82) is 0 Å². The first-order chi connectivity index (χ1) is 18.5. The Morgan fingerprint density at radius 3 is 2.54 bits per heavy atom. The lowest BCUT2D eigenvalue weighted by Crippen LogP contribution is -2.35. The van der Waals surface area contributed by atoms with Gasteiger partial charge in [0.25, 0.3) is 11.8 Å². The molecule has 0 bridgehead atoms. The lowest BCUT2D eigenvalue weighted by atomic mass is 10.0. The number of carbonyl (C=O) groups is 2. The van der Waals surface area contributed by atoms with Gasteiger partial charge in [-0.05, 0) is 74.5 Å². The van der Waals surface area contributed by atoms with Gasteiger partial charge in [-0.15, -0.1) is 0 Å². The van der Waals surface area contributed by atoms with Crippen molar-refractivity contribution >= 4 is 39.0 Å². The molecule has 3 aromatic rings. The zero-order chi connectivity index (χ0) is 28.3. The molecule has 0 radical (unpaired) electrons. The summed E-state index contributed by atoms with van der Waals surface area (Å²) >= 11 is 0. The summed E-state index contributed by atoms with van der Waals surface area (Å²) in [5.74, 6) is -1.45. The van der Waals surface area contributed by atoms with E-state index in [9.17, 15) is 22.4 Å². The van der Waals surface area contributed by atoms with Crippen LogP contribution in [0.5, 0.6) is 0 Å². The van der Waals surface area contributed by atoms with Gasteiger partial charge in [-0.1, -0.05) is 26.0 Å². The van der Waals surface area contributed by atoms with Crippen LogP contribution >= 0.6 is 0 Å². The van der Waals surface area contributed by atoms with E-state index in [1.807, 2.05) is 6.92 Å². The fourth-order valence-electron chi connectivity index (χ4n) is 4.79. The van der Waals surface area contributed by atoms with Gasteiger partial charge >= 0.3 is 0 Å². The van der Waals surface area contributed by atoms with E-state index in [0.29, 0.717) is 45.9 Å². The number of carbonyl (C=O) groups excluding carboxylic acids is 2. The van der Waals surface area contributed by atoms with Crippen molar-refractivity contribution in [3.8, 4) is 0 Å². The maximum absolute atomic E-state index is 13.6. The number of H-pyrrole nitrogens is 1. The van der Waals surface area contributed by atoms with Crippen LogP contribution in [0.2, 0.25) is 0 Å². The minimum absolute atomic E-state index is 0.0283. The van der Waals surface area contributed by atoms with Crippen LogP contribution < -0.4 is 10.6 Å². The van der Waals surface area contributed by atoms with Gasteiger partial charge in [0, 0.05) is 35.7 Å². The van der Waals surface area contributed by atoms with Crippen LogP contribution in [0.4, 0.5) is 10.1 Å². The molecule has 8 nitrogen and oxygen atoms in total. The van der Waals surface area contributed by atoms with Crippen molar-refractivity contribution in [2.75, 3.05) is 31.5 Å². The number of anilines is 1. The van der Waals surface area contributed by atoms with Crippen molar-refractivity contribution in [3.63, 3.8) is 0 Å². The molecular weight excluding hydrogens is 519 g/mol. The number of halogens is 1. The van der Waals surface area contributed by atoms with Crippen LogP contribution in [-0.2, 0) is 20.4 Å². The van der Waals surface area contributed by atoms with E-state index < -0.39 is 15.7 Å². The molecule has 1 aliphatic heterocycles. The van der Waals surface area contributed by atoms with Gasteiger partial charge in [-0.3, -0.25) is 9.59 Å². The smallest absolute Gasteiger partial charge is 0.256 e. The highest BCUT2D eigenvalue weighted by atomic mass is 32.2. The molecule has 2 heterocycles. The summed E-state index contributed by atoms with van der Waals surface area (Å²) in [5, 5.41) is 5.74. The Morgan fingerprint density at radius 2 is 1.85 bits per heavy atom. The molecule has 2 amide bonds. The van der Waals surface area contributed by atoms with Gasteiger partial charge < -0.3 is 20.5 Å².